The van der Waals surface area contributed by atoms with E-state index in [1.165, 1.54) is 0 Å². The third kappa shape index (κ3) is 16.2. The summed E-state index contributed by atoms with van der Waals surface area (Å²) in [7, 11) is 0. The number of nitrogens with one attached hydrogen (secondary N) is 1. The van der Waals surface area contributed by atoms with Crippen molar-refractivity contribution in [1.82, 2.24) is 5.32 Å². The zero-order chi connectivity index (χ0) is 19.0. The quantitative estimate of drug-likeness (QED) is 0.311. The van der Waals surface area contributed by atoms with E-state index in [9.17, 15) is 18.0 Å². The molecule has 0 rings (SSSR count). The first-order valence-corrected chi connectivity index (χ1v) is 7.82. The summed E-state index contributed by atoms with van der Waals surface area (Å²) in [5.74, 6) is -1.95. The zero-order valence-corrected chi connectivity index (χ0v) is 13.9. The molecule has 25 heavy (non-hydrogen) atoms. The molecule has 1 atom stereocenters. The van der Waals surface area contributed by atoms with Crippen molar-refractivity contribution in [1.29, 1.82) is 0 Å². The van der Waals surface area contributed by atoms with E-state index in [0.29, 0.717) is 33.0 Å². The van der Waals surface area contributed by atoms with Gasteiger partial charge in [0.15, 0.2) is 0 Å². The van der Waals surface area contributed by atoms with E-state index in [2.05, 4.69) is 0 Å². The number of aliphatic hydroxyl groups excluding tert-OH is 2. The first kappa shape index (κ1) is 24.0. The smallest absolute Gasteiger partial charge is 0.394 e. The summed E-state index contributed by atoms with van der Waals surface area (Å²) in [5, 5.41) is 19.3. The van der Waals surface area contributed by atoms with Gasteiger partial charge in [0.2, 0.25) is 0 Å². The fraction of sp³-hybridized carbons (Fsp3) is 0.929. The van der Waals surface area contributed by atoms with Crippen LogP contribution >= 0.6 is 0 Å². The minimum atomic E-state index is -4.86. The fourth-order valence-electron chi connectivity index (χ4n) is 1.41. The highest BCUT2D eigenvalue weighted by Crippen LogP contribution is 2.13. The molecular weight excluding hydrogens is 351 g/mol. The number of hydrogen-bond acceptors (Lipinski definition) is 7. The molecule has 0 aliphatic rings. The summed E-state index contributed by atoms with van der Waals surface area (Å²) in [4.78, 5) is 10.5. The molecule has 0 saturated carbocycles. The molecule has 150 valence electrons. The standard InChI is InChI=1S/C14H26F3NO7/c15-14(16,17)13(21)18-2-1-3-22-4-5-23-6-7-24-8-9-25-11-12(20)10-19/h12,19-20H,1-11H2,(H,18,21). The summed E-state index contributed by atoms with van der Waals surface area (Å²) >= 11 is 0. The highest BCUT2D eigenvalue weighted by molar-refractivity contribution is 5.81. The molecule has 0 aromatic heterocycles. The Morgan fingerprint density at radius 3 is 1.88 bits per heavy atom. The van der Waals surface area contributed by atoms with Crippen molar-refractivity contribution in [3.8, 4) is 0 Å². The monoisotopic (exact) mass is 377 g/mol. The summed E-state index contributed by atoms with van der Waals surface area (Å²) in [5.41, 5.74) is 0. The summed E-state index contributed by atoms with van der Waals surface area (Å²) < 4.78 is 56.1. The lowest BCUT2D eigenvalue weighted by Gasteiger charge is -2.09. The second-order valence-electron chi connectivity index (χ2n) is 4.86. The molecule has 0 heterocycles. The SMILES string of the molecule is O=C(NCCCOCCOCCOCCOCC(O)CO)C(F)(F)F. The number of alkyl halides is 3. The van der Waals surface area contributed by atoms with Crippen molar-refractivity contribution in [3.05, 3.63) is 0 Å². The third-order valence-electron chi connectivity index (χ3n) is 2.65. The van der Waals surface area contributed by atoms with Crippen molar-refractivity contribution < 1.29 is 47.1 Å². The maximum absolute atomic E-state index is 11.9. The third-order valence-corrected chi connectivity index (χ3v) is 2.65. The molecule has 0 fully saturated rings. The van der Waals surface area contributed by atoms with Crippen LogP contribution in [0.5, 0.6) is 0 Å². The number of ether oxygens (including phenoxy) is 4. The Morgan fingerprint density at radius 1 is 0.920 bits per heavy atom. The number of carbonyl (C=O) groups excluding carboxylic acids is 1. The molecule has 3 N–H and O–H groups in total. The largest absolute Gasteiger partial charge is 0.471 e. The van der Waals surface area contributed by atoms with Gasteiger partial charge in [-0.05, 0) is 6.42 Å². The van der Waals surface area contributed by atoms with Gasteiger partial charge in [-0.25, -0.2) is 0 Å². The molecule has 11 heteroatoms. The maximum Gasteiger partial charge on any atom is 0.471 e. The molecule has 1 unspecified atom stereocenters. The first-order valence-electron chi connectivity index (χ1n) is 7.82. The van der Waals surface area contributed by atoms with Gasteiger partial charge in [0, 0.05) is 13.2 Å². The molecule has 0 aromatic rings. The van der Waals surface area contributed by atoms with Crippen molar-refractivity contribution in [2.45, 2.75) is 18.7 Å². The van der Waals surface area contributed by atoms with Crippen LogP contribution in [0.15, 0.2) is 0 Å². The van der Waals surface area contributed by atoms with Crippen LogP contribution in [0.2, 0.25) is 0 Å². The Kier molecular flexibility index (Phi) is 14.7. The van der Waals surface area contributed by atoms with Crippen molar-refractivity contribution in [2.24, 2.45) is 0 Å². The fourth-order valence-corrected chi connectivity index (χ4v) is 1.41. The van der Waals surface area contributed by atoms with Gasteiger partial charge < -0.3 is 34.5 Å². The molecule has 0 bridgehead atoms. The highest BCUT2D eigenvalue weighted by atomic mass is 19.4. The predicted molar refractivity (Wildman–Crippen MR) is 80.1 cm³/mol. The van der Waals surface area contributed by atoms with Crippen LogP contribution in [0.25, 0.3) is 0 Å². The average molecular weight is 377 g/mol. The van der Waals surface area contributed by atoms with Gasteiger partial charge >= 0.3 is 12.1 Å². The van der Waals surface area contributed by atoms with Gasteiger partial charge in [0.1, 0.15) is 6.10 Å². The Hall–Kier alpha value is -0.980. The highest BCUT2D eigenvalue weighted by Gasteiger charge is 2.38. The lowest BCUT2D eigenvalue weighted by molar-refractivity contribution is -0.173. The van der Waals surface area contributed by atoms with E-state index in [-0.39, 0.29) is 39.4 Å². The molecule has 0 spiro atoms. The van der Waals surface area contributed by atoms with Crippen LogP contribution in [-0.2, 0) is 23.7 Å². The number of halogens is 3. The van der Waals surface area contributed by atoms with Crippen molar-refractivity contribution in [3.63, 3.8) is 0 Å². The summed E-state index contributed by atoms with van der Waals surface area (Å²) in [6, 6.07) is 0. The number of carbonyl (C=O) groups is 1. The Bertz CT molecular complexity index is 332. The minimum Gasteiger partial charge on any atom is -0.394 e. The van der Waals surface area contributed by atoms with Gasteiger partial charge in [-0.3, -0.25) is 4.79 Å². The molecule has 0 saturated heterocycles. The summed E-state index contributed by atoms with van der Waals surface area (Å²) in [6.45, 7) is 1.76. The lowest BCUT2D eigenvalue weighted by atomic mass is 10.4. The van der Waals surface area contributed by atoms with Crippen LogP contribution in [0.3, 0.4) is 0 Å². The Labute approximate surface area is 144 Å². The minimum absolute atomic E-state index is 0.0492. The van der Waals surface area contributed by atoms with Crippen LogP contribution in [-0.4, -0.2) is 94.4 Å². The topological polar surface area (TPSA) is 106 Å². The van der Waals surface area contributed by atoms with E-state index in [0.717, 1.165) is 0 Å². The molecule has 0 aliphatic heterocycles. The zero-order valence-electron chi connectivity index (χ0n) is 13.9. The molecule has 0 aliphatic carbocycles. The Balaban J connectivity index is 3.16. The van der Waals surface area contributed by atoms with Gasteiger partial charge in [-0.2, -0.15) is 13.2 Å². The normalized spacial score (nSPS) is 13.0. The van der Waals surface area contributed by atoms with Gasteiger partial charge in [-0.1, -0.05) is 0 Å². The second kappa shape index (κ2) is 15.3. The number of hydrogen-bond donors (Lipinski definition) is 3. The second-order valence-corrected chi connectivity index (χ2v) is 4.86. The van der Waals surface area contributed by atoms with Gasteiger partial charge in [-0.15, -0.1) is 0 Å². The van der Waals surface area contributed by atoms with Crippen molar-refractivity contribution >= 4 is 5.91 Å². The van der Waals surface area contributed by atoms with E-state index >= 15 is 0 Å². The molecule has 8 nitrogen and oxygen atoms in total. The first-order chi connectivity index (χ1) is 11.9. The van der Waals surface area contributed by atoms with Gasteiger partial charge in [0.25, 0.3) is 0 Å². The van der Waals surface area contributed by atoms with Crippen LogP contribution in [0.4, 0.5) is 13.2 Å². The average Bonchev–Trinajstić information content (AvgIpc) is 2.56. The molecular formula is C14H26F3NO7. The van der Waals surface area contributed by atoms with Crippen LogP contribution < -0.4 is 5.32 Å². The van der Waals surface area contributed by atoms with Crippen LogP contribution in [0, 0.1) is 0 Å². The molecule has 1 amide bonds. The lowest BCUT2D eigenvalue weighted by Crippen LogP contribution is -2.37. The Morgan fingerprint density at radius 2 is 1.40 bits per heavy atom. The van der Waals surface area contributed by atoms with E-state index in [1.54, 1.807) is 5.32 Å². The van der Waals surface area contributed by atoms with Crippen LogP contribution in [0.1, 0.15) is 6.42 Å². The number of rotatable bonds is 16. The van der Waals surface area contributed by atoms with E-state index < -0.39 is 18.2 Å². The summed E-state index contributed by atoms with van der Waals surface area (Å²) in [6.07, 6.45) is -5.47. The predicted octanol–water partition coefficient (Wildman–Crippen LogP) is -0.525. The van der Waals surface area contributed by atoms with E-state index in [1.807, 2.05) is 0 Å². The molecule has 0 aromatic carbocycles. The van der Waals surface area contributed by atoms with Crippen molar-refractivity contribution in [2.75, 3.05) is 66.0 Å². The number of amides is 1. The van der Waals surface area contributed by atoms with E-state index in [4.69, 9.17) is 29.2 Å². The number of aliphatic hydroxyl groups is 2. The maximum atomic E-state index is 11.9. The van der Waals surface area contributed by atoms with Gasteiger partial charge in [0.05, 0.1) is 52.9 Å². The molecule has 0 radical (unpaired) electrons.